The van der Waals surface area contributed by atoms with Crippen LogP contribution in [0.1, 0.15) is 38.8 Å². The number of aliphatic carboxylic acids is 1. The smallest absolute Gasteiger partial charge is 0.317 e. The zero-order chi connectivity index (χ0) is 14.6. The van der Waals surface area contributed by atoms with Gasteiger partial charge in [-0.3, -0.25) is 9.69 Å². The lowest BCUT2D eigenvalue weighted by molar-refractivity contribution is -0.139. The summed E-state index contributed by atoms with van der Waals surface area (Å²) >= 11 is 0. The minimum atomic E-state index is -0.982. The van der Waals surface area contributed by atoms with Crippen LogP contribution in [-0.2, 0) is 4.79 Å². The summed E-state index contributed by atoms with van der Waals surface area (Å²) in [5.74, 6) is -2.80. The van der Waals surface area contributed by atoms with E-state index in [0.717, 1.165) is 12.5 Å². The van der Waals surface area contributed by atoms with Crippen molar-refractivity contribution in [3.8, 4) is 0 Å². The molecule has 0 heterocycles. The highest BCUT2D eigenvalue weighted by Crippen LogP contribution is 2.26. The third-order valence-electron chi connectivity index (χ3n) is 3.40. The molecule has 0 radical (unpaired) electrons. The summed E-state index contributed by atoms with van der Waals surface area (Å²) in [6.07, 6.45) is 0.731. The molecule has 0 aromatic heterocycles. The highest BCUT2D eigenvalue weighted by atomic mass is 19.2. The molecule has 0 spiro atoms. The Hall–Kier alpha value is -1.49. The number of carboxylic acid groups (broad SMARTS) is 1. The first-order chi connectivity index (χ1) is 8.88. The third kappa shape index (κ3) is 3.73. The van der Waals surface area contributed by atoms with Gasteiger partial charge in [0.15, 0.2) is 11.6 Å². The van der Waals surface area contributed by atoms with Crippen molar-refractivity contribution in [2.75, 3.05) is 6.54 Å². The Labute approximate surface area is 111 Å². The Balaban J connectivity index is 3.07. The predicted octanol–water partition coefficient (Wildman–Crippen LogP) is 3.21. The molecule has 0 saturated heterocycles. The minimum absolute atomic E-state index is 0.0335. The van der Waals surface area contributed by atoms with E-state index in [4.69, 9.17) is 5.11 Å². The molecular formula is C14H19F2NO2. The number of benzene rings is 1. The van der Waals surface area contributed by atoms with Crippen LogP contribution in [0.2, 0.25) is 0 Å². The van der Waals surface area contributed by atoms with Gasteiger partial charge < -0.3 is 5.11 Å². The summed E-state index contributed by atoms with van der Waals surface area (Å²) in [5.41, 5.74) is 0.182. The Morgan fingerprint density at radius 2 is 2.00 bits per heavy atom. The number of carboxylic acids is 1. The van der Waals surface area contributed by atoms with E-state index in [1.165, 1.54) is 12.1 Å². The van der Waals surface area contributed by atoms with Crippen LogP contribution in [0, 0.1) is 11.6 Å². The molecule has 0 saturated carbocycles. The number of nitrogens with zero attached hydrogens (tertiary/aromatic N) is 1. The predicted molar refractivity (Wildman–Crippen MR) is 68.9 cm³/mol. The summed E-state index contributed by atoms with van der Waals surface area (Å²) < 4.78 is 27.0. The molecule has 2 unspecified atom stereocenters. The van der Waals surface area contributed by atoms with Gasteiger partial charge in [-0.25, -0.2) is 8.78 Å². The van der Waals surface area contributed by atoms with Gasteiger partial charge in [-0.1, -0.05) is 19.1 Å². The monoisotopic (exact) mass is 271 g/mol. The maximum absolute atomic E-state index is 13.8. The van der Waals surface area contributed by atoms with Crippen LogP contribution in [0.4, 0.5) is 8.78 Å². The second kappa shape index (κ2) is 6.61. The molecule has 1 N–H and O–H groups in total. The average Bonchev–Trinajstić information content (AvgIpc) is 2.37. The molecule has 3 nitrogen and oxygen atoms in total. The fraction of sp³-hybridized carbons (Fsp3) is 0.500. The van der Waals surface area contributed by atoms with Gasteiger partial charge in [-0.05, 0) is 26.3 Å². The molecule has 1 aromatic carbocycles. The van der Waals surface area contributed by atoms with Crippen LogP contribution in [0.25, 0.3) is 0 Å². The standard InChI is InChI=1S/C14H19F2NO2/c1-4-9(2)17(8-13(18)19)10(3)11-6-5-7-12(15)14(11)16/h5-7,9-10H,4,8H2,1-3H3,(H,18,19). The maximum atomic E-state index is 13.8. The second-order valence-electron chi connectivity index (χ2n) is 4.64. The summed E-state index contributed by atoms with van der Waals surface area (Å²) in [6, 6.07) is 3.44. The zero-order valence-corrected chi connectivity index (χ0v) is 11.4. The van der Waals surface area contributed by atoms with Gasteiger partial charge in [0.25, 0.3) is 0 Å². The van der Waals surface area contributed by atoms with E-state index in [1.807, 2.05) is 13.8 Å². The molecule has 0 aliphatic heterocycles. The van der Waals surface area contributed by atoms with Gasteiger partial charge in [0.2, 0.25) is 0 Å². The van der Waals surface area contributed by atoms with Crippen molar-refractivity contribution in [1.82, 2.24) is 4.90 Å². The summed E-state index contributed by atoms with van der Waals surface area (Å²) in [6.45, 7) is 5.28. The van der Waals surface area contributed by atoms with Crippen LogP contribution in [-0.4, -0.2) is 28.6 Å². The molecule has 106 valence electrons. The lowest BCUT2D eigenvalue weighted by atomic mass is 10.0. The van der Waals surface area contributed by atoms with Crippen molar-refractivity contribution in [3.63, 3.8) is 0 Å². The lowest BCUT2D eigenvalue weighted by Crippen LogP contribution is -2.39. The van der Waals surface area contributed by atoms with E-state index in [2.05, 4.69) is 0 Å². The van der Waals surface area contributed by atoms with Gasteiger partial charge in [-0.2, -0.15) is 0 Å². The quantitative estimate of drug-likeness (QED) is 0.863. The van der Waals surface area contributed by atoms with Gasteiger partial charge >= 0.3 is 5.97 Å². The Morgan fingerprint density at radius 3 is 2.53 bits per heavy atom. The first-order valence-electron chi connectivity index (χ1n) is 6.29. The highest BCUT2D eigenvalue weighted by Gasteiger charge is 2.25. The number of hydrogen-bond acceptors (Lipinski definition) is 2. The number of rotatable bonds is 6. The SMILES string of the molecule is CCC(C)N(CC(=O)O)C(C)c1cccc(F)c1F. The van der Waals surface area contributed by atoms with E-state index in [0.29, 0.717) is 0 Å². The Kier molecular flexibility index (Phi) is 5.42. The van der Waals surface area contributed by atoms with Gasteiger partial charge in [0.05, 0.1) is 6.54 Å². The van der Waals surface area contributed by atoms with E-state index in [1.54, 1.807) is 11.8 Å². The molecule has 0 aliphatic carbocycles. The fourth-order valence-corrected chi connectivity index (χ4v) is 2.09. The molecule has 5 heteroatoms. The van der Waals surface area contributed by atoms with Crippen LogP contribution >= 0.6 is 0 Å². The summed E-state index contributed by atoms with van der Waals surface area (Å²) in [7, 11) is 0. The molecule has 0 fully saturated rings. The first-order valence-corrected chi connectivity index (χ1v) is 6.29. The van der Waals surface area contributed by atoms with Gasteiger partial charge in [0.1, 0.15) is 0 Å². The summed E-state index contributed by atoms with van der Waals surface area (Å²) in [5, 5.41) is 8.94. The molecule has 0 aliphatic rings. The minimum Gasteiger partial charge on any atom is -0.480 e. The Morgan fingerprint density at radius 1 is 1.37 bits per heavy atom. The van der Waals surface area contributed by atoms with Gasteiger partial charge in [-0.15, -0.1) is 0 Å². The molecule has 0 amide bonds. The first kappa shape index (κ1) is 15.6. The fourth-order valence-electron chi connectivity index (χ4n) is 2.09. The summed E-state index contributed by atoms with van der Waals surface area (Å²) in [4.78, 5) is 12.6. The van der Waals surface area contributed by atoms with Crippen LogP contribution in [0.3, 0.4) is 0 Å². The molecule has 1 rings (SSSR count). The largest absolute Gasteiger partial charge is 0.480 e. The molecular weight excluding hydrogens is 252 g/mol. The van der Waals surface area contributed by atoms with Crippen molar-refractivity contribution in [2.24, 2.45) is 0 Å². The average molecular weight is 271 g/mol. The van der Waals surface area contributed by atoms with E-state index in [9.17, 15) is 13.6 Å². The maximum Gasteiger partial charge on any atom is 0.317 e. The van der Waals surface area contributed by atoms with Crippen molar-refractivity contribution < 1.29 is 18.7 Å². The number of hydrogen-bond donors (Lipinski definition) is 1. The topological polar surface area (TPSA) is 40.5 Å². The van der Waals surface area contributed by atoms with E-state index in [-0.39, 0.29) is 18.2 Å². The zero-order valence-electron chi connectivity index (χ0n) is 11.4. The normalized spacial score (nSPS) is 14.4. The van der Waals surface area contributed by atoms with Gasteiger partial charge in [0, 0.05) is 17.6 Å². The molecule has 19 heavy (non-hydrogen) atoms. The van der Waals surface area contributed by atoms with Crippen LogP contribution < -0.4 is 0 Å². The highest BCUT2D eigenvalue weighted by molar-refractivity contribution is 5.69. The molecule has 1 aromatic rings. The number of carbonyl (C=O) groups is 1. The molecule has 2 atom stereocenters. The second-order valence-corrected chi connectivity index (χ2v) is 4.64. The van der Waals surface area contributed by atoms with Crippen molar-refractivity contribution >= 4 is 5.97 Å². The van der Waals surface area contributed by atoms with E-state index >= 15 is 0 Å². The Bertz CT molecular complexity index is 451. The van der Waals surface area contributed by atoms with Crippen molar-refractivity contribution in [2.45, 2.75) is 39.3 Å². The molecule has 0 bridgehead atoms. The number of halogens is 2. The van der Waals surface area contributed by atoms with Crippen molar-refractivity contribution in [1.29, 1.82) is 0 Å². The third-order valence-corrected chi connectivity index (χ3v) is 3.40. The van der Waals surface area contributed by atoms with Crippen molar-refractivity contribution in [3.05, 3.63) is 35.4 Å². The lowest BCUT2D eigenvalue weighted by Gasteiger charge is -2.33. The van der Waals surface area contributed by atoms with Crippen LogP contribution in [0.5, 0.6) is 0 Å². The van der Waals surface area contributed by atoms with Crippen LogP contribution in [0.15, 0.2) is 18.2 Å². The van der Waals surface area contributed by atoms with E-state index < -0.39 is 23.6 Å².